The molecule has 1 aliphatic rings. The molecule has 27 heavy (non-hydrogen) atoms. The van der Waals surface area contributed by atoms with E-state index in [2.05, 4.69) is 15.5 Å². The van der Waals surface area contributed by atoms with Crippen molar-refractivity contribution in [2.45, 2.75) is 31.8 Å². The molecule has 1 fully saturated rings. The van der Waals surface area contributed by atoms with Gasteiger partial charge in [-0.1, -0.05) is 6.07 Å². The number of likely N-dealkylation sites (tertiary alicyclic amines) is 1. The third-order valence-electron chi connectivity index (χ3n) is 4.89. The summed E-state index contributed by atoms with van der Waals surface area (Å²) >= 11 is 1.45. The number of amides is 2. The Bertz CT molecular complexity index is 753. The summed E-state index contributed by atoms with van der Waals surface area (Å²) in [6, 6.07) is 11.0. The number of ether oxygens (including phenoxy) is 1. The minimum Gasteiger partial charge on any atom is -0.497 e. The predicted molar refractivity (Wildman–Crippen MR) is 107 cm³/mol. The summed E-state index contributed by atoms with van der Waals surface area (Å²) in [7, 11) is 1.61. The van der Waals surface area contributed by atoms with Crippen LogP contribution in [0.2, 0.25) is 0 Å². The van der Waals surface area contributed by atoms with Crippen LogP contribution in [0.4, 0.5) is 5.69 Å². The number of carbonyl (C=O) groups is 2. The van der Waals surface area contributed by atoms with Crippen LogP contribution in [0.25, 0.3) is 0 Å². The maximum Gasteiger partial charge on any atom is 0.261 e. The lowest BCUT2D eigenvalue weighted by molar-refractivity contribution is -0.121. The van der Waals surface area contributed by atoms with E-state index in [1.54, 1.807) is 7.11 Å². The molecule has 0 aliphatic carbocycles. The van der Waals surface area contributed by atoms with Gasteiger partial charge in [-0.05, 0) is 55.5 Å². The molecule has 0 saturated carbocycles. The number of rotatable bonds is 6. The lowest BCUT2D eigenvalue weighted by Gasteiger charge is -2.35. The molecule has 2 N–H and O–H groups in total. The number of thiophene rings is 1. The number of methoxy groups -OCH3 is 1. The lowest BCUT2D eigenvalue weighted by Crippen LogP contribution is -2.50. The first-order valence-electron chi connectivity index (χ1n) is 9.10. The van der Waals surface area contributed by atoms with Gasteiger partial charge in [-0.25, -0.2) is 0 Å². The molecule has 0 spiro atoms. The molecular formula is C20H25N3O3S. The van der Waals surface area contributed by atoms with Crippen LogP contribution in [0.5, 0.6) is 5.75 Å². The molecule has 1 aromatic carbocycles. The van der Waals surface area contributed by atoms with Gasteiger partial charge in [0.2, 0.25) is 5.91 Å². The van der Waals surface area contributed by atoms with Crippen molar-refractivity contribution in [3.05, 3.63) is 46.7 Å². The lowest BCUT2D eigenvalue weighted by atomic mass is 10.0. The zero-order valence-corrected chi connectivity index (χ0v) is 16.4. The molecule has 0 bridgehead atoms. The van der Waals surface area contributed by atoms with E-state index in [9.17, 15) is 9.59 Å². The second-order valence-corrected chi connectivity index (χ2v) is 7.60. The molecule has 144 valence electrons. The Morgan fingerprint density at radius 1 is 1.19 bits per heavy atom. The standard InChI is InChI=1S/C20H25N3O3S/c1-14(19(24)21-15-5-7-17(26-2)8-6-15)23-11-9-16(10-12-23)22-20(25)18-4-3-13-27-18/h3-8,13-14,16H,9-12H2,1-2H3,(H,21,24)(H,22,25). The van der Waals surface area contributed by atoms with E-state index in [-0.39, 0.29) is 23.9 Å². The number of nitrogens with one attached hydrogen (secondary N) is 2. The second-order valence-electron chi connectivity index (χ2n) is 6.65. The van der Waals surface area contributed by atoms with Gasteiger partial charge in [0.25, 0.3) is 5.91 Å². The Morgan fingerprint density at radius 3 is 2.48 bits per heavy atom. The van der Waals surface area contributed by atoms with Gasteiger partial charge in [0.05, 0.1) is 18.0 Å². The second kappa shape index (κ2) is 9.01. The first-order chi connectivity index (χ1) is 13.1. The van der Waals surface area contributed by atoms with Gasteiger partial charge < -0.3 is 15.4 Å². The molecule has 2 aromatic rings. The van der Waals surface area contributed by atoms with Crippen LogP contribution < -0.4 is 15.4 Å². The van der Waals surface area contributed by atoms with E-state index in [4.69, 9.17) is 4.74 Å². The van der Waals surface area contributed by atoms with E-state index in [1.165, 1.54) is 11.3 Å². The van der Waals surface area contributed by atoms with Gasteiger partial charge >= 0.3 is 0 Å². The monoisotopic (exact) mass is 387 g/mol. The van der Waals surface area contributed by atoms with Crippen molar-refractivity contribution in [2.24, 2.45) is 0 Å². The van der Waals surface area contributed by atoms with Crippen molar-refractivity contribution in [3.63, 3.8) is 0 Å². The zero-order valence-electron chi connectivity index (χ0n) is 15.6. The molecule has 1 aliphatic heterocycles. The van der Waals surface area contributed by atoms with Gasteiger partial charge in [0.15, 0.2) is 0 Å². The Hall–Kier alpha value is -2.38. The van der Waals surface area contributed by atoms with Gasteiger partial charge in [-0.2, -0.15) is 0 Å². The summed E-state index contributed by atoms with van der Waals surface area (Å²) in [5.74, 6) is 0.725. The molecular weight excluding hydrogens is 362 g/mol. The zero-order chi connectivity index (χ0) is 19.2. The van der Waals surface area contributed by atoms with Crippen LogP contribution in [0.15, 0.2) is 41.8 Å². The van der Waals surface area contributed by atoms with Gasteiger partial charge in [-0.3, -0.25) is 14.5 Å². The molecule has 3 rings (SSSR count). The molecule has 2 heterocycles. The van der Waals surface area contributed by atoms with Crippen molar-refractivity contribution >= 4 is 28.8 Å². The molecule has 1 aromatic heterocycles. The minimum absolute atomic E-state index is 0.00579. The molecule has 1 atom stereocenters. The van der Waals surface area contributed by atoms with E-state index in [0.717, 1.165) is 42.2 Å². The number of anilines is 1. The van der Waals surface area contributed by atoms with E-state index >= 15 is 0 Å². The van der Waals surface area contributed by atoms with Crippen molar-refractivity contribution < 1.29 is 14.3 Å². The van der Waals surface area contributed by atoms with Crippen LogP contribution in [-0.4, -0.2) is 49.0 Å². The van der Waals surface area contributed by atoms with Gasteiger partial charge in [0, 0.05) is 24.8 Å². The fourth-order valence-electron chi connectivity index (χ4n) is 3.18. The van der Waals surface area contributed by atoms with Gasteiger partial charge in [0.1, 0.15) is 5.75 Å². The van der Waals surface area contributed by atoms with Crippen molar-refractivity contribution in [1.82, 2.24) is 10.2 Å². The largest absolute Gasteiger partial charge is 0.497 e. The topological polar surface area (TPSA) is 70.7 Å². The first kappa shape index (κ1) is 19.4. The van der Waals surface area contributed by atoms with E-state index in [0.29, 0.717) is 0 Å². The first-order valence-corrected chi connectivity index (χ1v) is 9.98. The Morgan fingerprint density at radius 2 is 1.89 bits per heavy atom. The van der Waals surface area contributed by atoms with Crippen LogP contribution >= 0.6 is 11.3 Å². The number of hydrogen-bond acceptors (Lipinski definition) is 5. The molecule has 0 radical (unpaired) electrons. The Kier molecular flexibility index (Phi) is 6.47. The number of piperidine rings is 1. The van der Waals surface area contributed by atoms with Crippen molar-refractivity contribution in [3.8, 4) is 5.75 Å². The minimum atomic E-state index is -0.221. The summed E-state index contributed by atoms with van der Waals surface area (Å²) in [5, 5.41) is 7.94. The highest BCUT2D eigenvalue weighted by molar-refractivity contribution is 7.12. The highest BCUT2D eigenvalue weighted by Crippen LogP contribution is 2.18. The van der Waals surface area contributed by atoms with Crippen LogP contribution in [0, 0.1) is 0 Å². The molecule has 2 amide bonds. The third kappa shape index (κ3) is 5.08. The smallest absolute Gasteiger partial charge is 0.261 e. The maximum atomic E-state index is 12.5. The fraction of sp³-hybridized carbons (Fsp3) is 0.400. The molecule has 1 unspecified atom stereocenters. The molecule has 7 heteroatoms. The Labute approximate surface area is 163 Å². The predicted octanol–water partition coefficient (Wildman–Crippen LogP) is 2.98. The summed E-state index contributed by atoms with van der Waals surface area (Å²) < 4.78 is 5.13. The maximum absolute atomic E-state index is 12.5. The van der Waals surface area contributed by atoms with E-state index < -0.39 is 0 Å². The quantitative estimate of drug-likeness (QED) is 0.799. The summed E-state index contributed by atoms with van der Waals surface area (Å²) in [6.07, 6.45) is 1.69. The van der Waals surface area contributed by atoms with Gasteiger partial charge in [-0.15, -0.1) is 11.3 Å². The van der Waals surface area contributed by atoms with Crippen molar-refractivity contribution in [1.29, 1.82) is 0 Å². The highest BCUT2D eigenvalue weighted by atomic mass is 32.1. The number of carbonyl (C=O) groups excluding carboxylic acids is 2. The number of hydrogen-bond donors (Lipinski definition) is 2. The van der Waals surface area contributed by atoms with E-state index in [1.807, 2.05) is 48.7 Å². The summed E-state index contributed by atoms with van der Waals surface area (Å²) in [6.45, 7) is 3.49. The number of benzene rings is 1. The Balaban J connectivity index is 1.46. The third-order valence-corrected chi connectivity index (χ3v) is 5.76. The molecule has 6 nitrogen and oxygen atoms in total. The average molecular weight is 388 g/mol. The summed E-state index contributed by atoms with van der Waals surface area (Å²) in [5.41, 5.74) is 0.755. The van der Waals surface area contributed by atoms with Crippen molar-refractivity contribution in [2.75, 3.05) is 25.5 Å². The molecule has 1 saturated heterocycles. The number of nitrogens with zero attached hydrogens (tertiary/aromatic N) is 1. The summed E-state index contributed by atoms with van der Waals surface area (Å²) in [4.78, 5) is 27.6. The van der Waals surface area contributed by atoms with Crippen LogP contribution in [-0.2, 0) is 4.79 Å². The normalized spacial score (nSPS) is 16.5. The fourth-order valence-corrected chi connectivity index (χ4v) is 3.81. The van der Waals surface area contributed by atoms with Crippen LogP contribution in [0.3, 0.4) is 0 Å². The average Bonchev–Trinajstić information content (AvgIpc) is 3.23. The SMILES string of the molecule is COc1ccc(NC(=O)C(C)N2CCC(NC(=O)c3cccs3)CC2)cc1. The van der Waals surface area contributed by atoms with Crippen LogP contribution in [0.1, 0.15) is 29.4 Å². The highest BCUT2D eigenvalue weighted by Gasteiger charge is 2.27.